The van der Waals surface area contributed by atoms with Gasteiger partial charge in [0.25, 0.3) is 0 Å². The van der Waals surface area contributed by atoms with Crippen molar-refractivity contribution in [3.05, 3.63) is 66.2 Å². The minimum Gasteiger partial charge on any atom is -0.496 e. The van der Waals surface area contributed by atoms with Gasteiger partial charge in [-0.2, -0.15) is 0 Å². The number of fused-ring (bicyclic) bond motifs is 1. The number of ether oxygens (including phenoxy) is 1. The molecule has 0 amide bonds. The maximum absolute atomic E-state index is 11.4. The van der Waals surface area contributed by atoms with Crippen LogP contribution in [-0.4, -0.2) is 12.9 Å². The van der Waals surface area contributed by atoms with Gasteiger partial charge in [0.2, 0.25) is 0 Å². The minimum atomic E-state index is 0.0886. The molecular formula is C19H16O2. The van der Waals surface area contributed by atoms with Crippen molar-refractivity contribution in [2.75, 3.05) is 7.11 Å². The lowest BCUT2D eigenvalue weighted by Gasteiger charge is -2.09. The molecule has 0 saturated heterocycles. The maximum atomic E-state index is 11.4. The first-order valence-corrected chi connectivity index (χ1v) is 6.87. The molecule has 21 heavy (non-hydrogen) atoms. The van der Waals surface area contributed by atoms with E-state index in [0.29, 0.717) is 0 Å². The first kappa shape index (κ1) is 13.4. The molecule has 0 aromatic heterocycles. The van der Waals surface area contributed by atoms with Crippen LogP contribution in [0.25, 0.3) is 21.9 Å². The topological polar surface area (TPSA) is 26.3 Å². The van der Waals surface area contributed by atoms with Crippen molar-refractivity contribution in [1.29, 1.82) is 0 Å². The van der Waals surface area contributed by atoms with Crippen LogP contribution in [0.4, 0.5) is 0 Å². The van der Waals surface area contributed by atoms with Gasteiger partial charge in [0.05, 0.1) is 7.11 Å². The Morgan fingerprint density at radius 3 is 2.38 bits per heavy atom. The summed E-state index contributed by atoms with van der Waals surface area (Å²) in [4.78, 5) is 11.4. The summed E-state index contributed by atoms with van der Waals surface area (Å²) < 4.78 is 5.42. The number of hydrogen-bond donors (Lipinski definition) is 0. The van der Waals surface area contributed by atoms with Gasteiger partial charge < -0.3 is 4.74 Å². The van der Waals surface area contributed by atoms with Crippen LogP contribution >= 0.6 is 0 Å². The van der Waals surface area contributed by atoms with Gasteiger partial charge in [-0.15, -0.1) is 0 Å². The molecule has 0 saturated carbocycles. The number of rotatable bonds is 3. The second-order valence-corrected chi connectivity index (χ2v) is 5.03. The lowest BCUT2D eigenvalue weighted by molar-refractivity contribution is 0.101. The summed E-state index contributed by atoms with van der Waals surface area (Å²) in [6.07, 6.45) is 0. The molecule has 0 spiro atoms. The lowest BCUT2D eigenvalue weighted by atomic mass is 9.99. The molecule has 3 rings (SSSR count). The minimum absolute atomic E-state index is 0.0886. The van der Waals surface area contributed by atoms with Crippen molar-refractivity contribution in [3.8, 4) is 16.9 Å². The summed E-state index contributed by atoms with van der Waals surface area (Å²) >= 11 is 0. The fourth-order valence-electron chi connectivity index (χ4n) is 2.52. The van der Waals surface area contributed by atoms with E-state index in [9.17, 15) is 4.79 Å². The van der Waals surface area contributed by atoms with Gasteiger partial charge in [-0.05, 0) is 41.5 Å². The highest BCUT2D eigenvalue weighted by Gasteiger charge is 2.06. The summed E-state index contributed by atoms with van der Waals surface area (Å²) in [6, 6.07) is 20.0. The Morgan fingerprint density at radius 2 is 1.62 bits per heavy atom. The Bertz CT molecular complexity index is 819. The van der Waals surface area contributed by atoms with E-state index in [1.54, 1.807) is 14.0 Å². The van der Waals surface area contributed by atoms with Crippen LogP contribution < -0.4 is 4.74 Å². The van der Waals surface area contributed by atoms with E-state index < -0.39 is 0 Å². The maximum Gasteiger partial charge on any atom is 0.159 e. The Kier molecular flexibility index (Phi) is 3.44. The molecule has 3 aromatic rings. The van der Waals surface area contributed by atoms with Crippen molar-refractivity contribution < 1.29 is 9.53 Å². The van der Waals surface area contributed by atoms with Gasteiger partial charge in [-0.3, -0.25) is 4.79 Å². The molecule has 0 aliphatic carbocycles. The third-order valence-electron chi connectivity index (χ3n) is 3.66. The monoisotopic (exact) mass is 276 g/mol. The normalized spacial score (nSPS) is 10.6. The molecule has 2 heteroatoms. The molecule has 0 heterocycles. The molecule has 2 nitrogen and oxygen atoms in total. The third-order valence-corrected chi connectivity index (χ3v) is 3.66. The fraction of sp³-hybridized carbons (Fsp3) is 0.105. The molecule has 0 unspecified atom stereocenters. The summed E-state index contributed by atoms with van der Waals surface area (Å²) in [5.74, 6) is 0.947. The van der Waals surface area contributed by atoms with Gasteiger partial charge in [-0.1, -0.05) is 42.5 Å². The third kappa shape index (κ3) is 2.52. The summed E-state index contributed by atoms with van der Waals surface area (Å²) in [5.41, 5.74) is 2.92. The van der Waals surface area contributed by atoms with Crippen LogP contribution in [0.2, 0.25) is 0 Å². The molecule has 0 bridgehead atoms. The lowest BCUT2D eigenvalue weighted by Crippen LogP contribution is -1.91. The number of hydrogen-bond acceptors (Lipinski definition) is 2. The predicted octanol–water partition coefficient (Wildman–Crippen LogP) is 4.72. The second kappa shape index (κ2) is 5.41. The van der Waals surface area contributed by atoms with E-state index in [-0.39, 0.29) is 5.78 Å². The second-order valence-electron chi connectivity index (χ2n) is 5.03. The molecule has 0 atom stereocenters. The number of ketones is 1. The average molecular weight is 276 g/mol. The van der Waals surface area contributed by atoms with E-state index in [2.05, 4.69) is 12.1 Å². The SMILES string of the molecule is COc1ccccc1-c1ccc2cc(C(C)=O)ccc2c1. The first-order valence-electron chi connectivity index (χ1n) is 6.87. The van der Waals surface area contributed by atoms with Crippen molar-refractivity contribution >= 4 is 16.6 Å². The molecule has 0 aliphatic heterocycles. The summed E-state index contributed by atoms with van der Waals surface area (Å²) in [6.45, 7) is 1.59. The van der Waals surface area contributed by atoms with E-state index in [1.165, 1.54) is 0 Å². The van der Waals surface area contributed by atoms with Gasteiger partial charge in [-0.25, -0.2) is 0 Å². The molecular weight excluding hydrogens is 260 g/mol. The van der Waals surface area contributed by atoms with E-state index in [0.717, 1.165) is 33.2 Å². The van der Waals surface area contributed by atoms with Crippen molar-refractivity contribution in [1.82, 2.24) is 0 Å². The summed E-state index contributed by atoms with van der Waals surface area (Å²) in [7, 11) is 1.68. The van der Waals surface area contributed by atoms with E-state index in [1.807, 2.05) is 48.5 Å². The number of Topliss-reactive ketones (excluding diaryl/α,β-unsaturated/α-hetero) is 1. The molecule has 0 fully saturated rings. The van der Waals surface area contributed by atoms with Gasteiger partial charge in [0.15, 0.2) is 5.78 Å². The standard InChI is InChI=1S/C19H16O2/c1-13(20)14-7-8-16-12-17(10-9-15(16)11-14)18-5-3-4-6-19(18)21-2/h3-12H,1-2H3. The van der Waals surface area contributed by atoms with Crippen LogP contribution in [0, 0.1) is 0 Å². The van der Waals surface area contributed by atoms with Gasteiger partial charge in [0.1, 0.15) is 5.75 Å². The zero-order chi connectivity index (χ0) is 14.8. The highest BCUT2D eigenvalue weighted by atomic mass is 16.5. The highest BCUT2D eigenvalue weighted by Crippen LogP contribution is 2.31. The van der Waals surface area contributed by atoms with Crippen molar-refractivity contribution in [3.63, 3.8) is 0 Å². The number of benzene rings is 3. The molecule has 3 aromatic carbocycles. The molecule has 0 radical (unpaired) electrons. The molecule has 0 N–H and O–H groups in total. The quantitative estimate of drug-likeness (QED) is 0.647. The average Bonchev–Trinajstić information content (AvgIpc) is 2.53. The largest absolute Gasteiger partial charge is 0.496 e. The first-order chi connectivity index (χ1) is 10.2. The van der Waals surface area contributed by atoms with E-state index >= 15 is 0 Å². The Morgan fingerprint density at radius 1 is 0.905 bits per heavy atom. The van der Waals surface area contributed by atoms with Crippen LogP contribution in [0.3, 0.4) is 0 Å². The summed E-state index contributed by atoms with van der Waals surface area (Å²) in [5, 5.41) is 2.18. The number of carbonyl (C=O) groups is 1. The van der Waals surface area contributed by atoms with Crippen molar-refractivity contribution in [2.24, 2.45) is 0 Å². The van der Waals surface area contributed by atoms with Crippen LogP contribution in [0.15, 0.2) is 60.7 Å². The van der Waals surface area contributed by atoms with Crippen LogP contribution in [-0.2, 0) is 0 Å². The predicted molar refractivity (Wildman–Crippen MR) is 85.9 cm³/mol. The number of methoxy groups -OCH3 is 1. The Hall–Kier alpha value is -2.61. The van der Waals surface area contributed by atoms with Gasteiger partial charge in [0, 0.05) is 11.1 Å². The molecule has 0 aliphatic rings. The van der Waals surface area contributed by atoms with E-state index in [4.69, 9.17) is 4.74 Å². The fourth-order valence-corrected chi connectivity index (χ4v) is 2.52. The zero-order valence-corrected chi connectivity index (χ0v) is 12.1. The molecule has 104 valence electrons. The number of para-hydroxylation sites is 1. The highest BCUT2D eigenvalue weighted by molar-refractivity contribution is 5.99. The van der Waals surface area contributed by atoms with Crippen LogP contribution in [0.5, 0.6) is 5.75 Å². The van der Waals surface area contributed by atoms with Gasteiger partial charge >= 0.3 is 0 Å². The van der Waals surface area contributed by atoms with Crippen molar-refractivity contribution in [2.45, 2.75) is 6.92 Å². The van der Waals surface area contributed by atoms with Crippen LogP contribution in [0.1, 0.15) is 17.3 Å². The Balaban J connectivity index is 2.13. The Labute approximate surface area is 124 Å². The number of carbonyl (C=O) groups excluding carboxylic acids is 1. The smallest absolute Gasteiger partial charge is 0.159 e. The zero-order valence-electron chi connectivity index (χ0n) is 12.1.